The number of hydrogen-bond donors (Lipinski definition) is 3. The van der Waals surface area contributed by atoms with Crippen LogP contribution in [0.1, 0.15) is 32.8 Å². The van der Waals surface area contributed by atoms with Gasteiger partial charge in [0.2, 0.25) is 11.8 Å². The number of nitrogens with zero attached hydrogens (tertiary/aromatic N) is 1. The third kappa shape index (κ3) is 5.79. The Kier molecular flexibility index (Phi) is 7.36. The van der Waals surface area contributed by atoms with Gasteiger partial charge >= 0.3 is 5.97 Å². The van der Waals surface area contributed by atoms with Gasteiger partial charge in [0.25, 0.3) is 0 Å². The van der Waals surface area contributed by atoms with Crippen LogP contribution in [0.15, 0.2) is 30.3 Å². The average molecular weight is 375 g/mol. The Bertz CT molecular complexity index is 662. The second-order valence-corrected chi connectivity index (χ2v) is 7.28. The van der Waals surface area contributed by atoms with E-state index in [1.807, 2.05) is 37.3 Å². The number of hydrogen-bond acceptors (Lipinski definition) is 4. The lowest BCUT2D eigenvalue weighted by molar-refractivity contribution is -0.137. The zero-order valence-electron chi connectivity index (χ0n) is 16.1. The third-order valence-electron chi connectivity index (χ3n) is 4.75. The second kappa shape index (κ2) is 9.50. The second-order valence-electron chi connectivity index (χ2n) is 7.28. The van der Waals surface area contributed by atoms with Crippen LogP contribution in [-0.4, -0.2) is 59.0 Å². The SMILES string of the molecule is CCN1[C@H](C(=O)O)[C@H]1C(=O)N[C@@H](Cc1ccccc1)C(=O)NCCC(C)C. The molecule has 1 aliphatic rings. The molecule has 3 N–H and O–H groups in total. The van der Waals surface area contributed by atoms with Crippen LogP contribution in [0.5, 0.6) is 0 Å². The third-order valence-corrected chi connectivity index (χ3v) is 4.75. The van der Waals surface area contributed by atoms with E-state index in [1.54, 1.807) is 4.90 Å². The highest BCUT2D eigenvalue weighted by atomic mass is 16.4. The number of carboxylic acid groups (broad SMARTS) is 1. The molecule has 1 unspecified atom stereocenters. The molecule has 1 aromatic carbocycles. The molecule has 1 fully saturated rings. The van der Waals surface area contributed by atoms with E-state index in [2.05, 4.69) is 24.5 Å². The van der Waals surface area contributed by atoms with Gasteiger partial charge in [-0.25, -0.2) is 0 Å². The van der Waals surface area contributed by atoms with Crippen molar-refractivity contribution in [2.75, 3.05) is 13.1 Å². The summed E-state index contributed by atoms with van der Waals surface area (Å²) in [6.45, 7) is 6.98. The Morgan fingerprint density at radius 2 is 1.81 bits per heavy atom. The number of carbonyl (C=O) groups is 3. The molecule has 27 heavy (non-hydrogen) atoms. The van der Waals surface area contributed by atoms with Crippen molar-refractivity contribution in [2.45, 2.75) is 51.7 Å². The first kappa shape index (κ1) is 20.9. The zero-order valence-corrected chi connectivity index (χ0v) is 16.1. The van der Waals surface area contributed by atoms with Gasteiger partial charge in [-0.3, -0.25) is 19.3 Å². The molecule has 1 heterocycles. The molecule has 0 saturated carbocycles. The molecule has 2 amide bonds. The molecule has 1 aliphatic heterocycles. The molecule has 0 bridgehead atoms. The van der Waals surface area contributed by atoms with Crippen molar-refractivity contribution >= 4 is 17.8 Å². The average Bonchev–Trinajstić information content (AvgIpc) is 3.36. The lowest BCUT2D eigenvalue weighted by atomic mass is 10.0. The fourth-order valence-corrected chi connectivity index (χ4v) is 3.16. The molecule has 7 nitrogen and oxygen atoms in total. The van der Waals surface area contributed by atoms with E-state index in [4.69, 9.17) is 0 Å². The van der Waals surface area contributed by atoms with Gasteiger partial charge in [0.05, 0.1) is 0 Å². The number of benzene rings is 1. The summed E-state index contributed by atoms with van der Waals surface area (Å²) in [6, 6.07) is 7.19. The van der Waals surface area contributed by atoms with Crippen LogP contribution >= 0.6 is 0 Å². The molecule has 148 valence electrons. The van der Waals surface area contributed by atoms with E-state index in [9.17, 15) is 19.5 Å². The molecule has 1 saturated heterocycles. The first-order valence-corrected chi connectivity index (χ1v) is 9.45. The van der Waals surface area contributed by atoms with Gasteiger partial charge < -0.3 is 15.7 Å². The minimum atomic E-state index is -1.02. The minimum absolute atomic E-state index is 0.247. The zero-order chi connectivity index (χ0) is 20.0. The van der Waals surface area contributed by atoms with Crippen LogP contribution in [-0.2, 0) is 20.8 Å². The summed E-state index contributed by atoms with van der Waals surface area (Å²) in [4.78, 5) is 38.1. The number of rotatable bonds is 10. The Hall–Kier alpha value is -2.41. The van der Waals surface area contributed by atoms with Gasteiger partial charge in [0, 0.05) is 13.0 Å². The summed E-state index contributed by atoms with van der Waals surface area (Å²) in [5.74, 6) is -1.21. The predicted molar refractivity (Wildman–Crippen MR) is 102 cm³/mol. The fourth-order valence-electron chi connectivity index (χ4n) is 3.16. The monoisotopic (exact) mass is 375 g/mol. The van der Waals surface area contributed by atoms with Gasteiger partial charge in [-0.1, -0.05) is 51.1 Å². The Morgan fingerprint density at radius 1 is 1.15 bits per heavy atom. The van der Waals surface area contributed by atoms with Gasteiger partial charge in [-0.2, -0.15) is 0 Å². The molecule has 0 aromatic heterocycles. The van der Waals surface area contributed by atoms with E-state index in [0.29, 0.717) is 25.4 Å². The highest BCUT2D eigenvalue weighted by molar-refractivity contribution is 5.97. The highest BCUT2D eigenvalue weighted by Gasteiger charge is 2.56. The molecule has 0 aliphatic carbocycles. The summed E-state index contributed by atoms with van der Waals surface area (Å²) >= 11 is 0. The maximum absolute atomic E-state index is 12.6. The molecule has 0 radical (unpaired) electrons. The van der Waals surface area contributed by atoms with Crippen LogP contribution in [0.4, 0.5) is 0 Å². The molecule has 2 rings (SSSR count). The van der Waals surface area contributed by atoms with E-state index >= 15 is 0 Å². The number of amides is 2. The largest absolute Gasteiger partial charge is 0.480 e. The standard InChI is InChI=1S/C20H29N3O4/c1-4-23-16(17(23)20(26)27)19(25)22-15(12-14-8-6-5-7-9-14)18(24)21-11-10-13(2)3/h5-9,13,15-17H,4,10-12H2,1-3H3,(H,21,24)(H,22,25)(H,26,27)/t15-,16-,17-,23?/m0/s1. The molecule has 1 aromatic rings. The molecular weight excluding hydrogens is 346 g/mol. The number of likely N-dealkylation sites (N-methyl/N-ethyl adjacent to an activating group) is 1. The van der Waals surface area contributed by atoms with Crippen molar-refractivity contribution in [3.63, 3.8) is 0 Å². The van der Waals surface area contributed by atoms with Gasteiger partial charge in [-0.15, -0.1) is 0 Å². The summed E-state index contributed by atoms with van der Waals surface area (Å²) < 4.78 is 0. The number of carboxylic acids is 1. The van der Waals surface area contributed by atoms with Crippen LogP contribution in [0.25, 0.3) is 0 Å². The van der Waals surface area contributed by atoms with E-state index < -0.39 is 30.0 Å². The van der Waals surface area contributed by atoms with Crippen molar-refractivity contribution in [2.24, 2.45) is 5.92 Å². The quantitative estimate of drug-likeness (QED) is 0.531. The smallest absolute Gasteiger partial charge is 0.323 e. The number of carbonyl (C=O) groups excluding carboxylic acids is 2. The molecule has 0 spiro atoms. The van der Waals surface area contributed by atoms with Crippen molar-refractivity contribution in [1.29, 1.82) is 0 Å². The normalized spacial score (nSPS) is 22.1. The van der Waals surface area contributed by atoms with Crippen molar-refractivity contribution in [3.8, 4) is 0 Å². The predicted octanol–water partition coefficient (Wildman–Crippen LogP) is 1.03. The van der Waals surface area contributed by atoms with Crippen LogP contribution in [0.3, 0.4) is 0 Å². The Morgan fingerprint density at radius 3 is 2.33 bits per heavy atom. The first-order valence-electron chi connectivity index (χ1n) is 9.45. The van der Waals surface area contributed by atoms with Crippen molar-refractivity contribution in [3.05, 3.63) is 35.9 Å². The highest BCUT2D eigenvalue weighted by Crippen LogP contribution is 2.28. The lowest BCUT2D eigenvalue weighted by Gasteiger charge is -2.19. The Labute approximate surface area is 160 Å². The van der Waals surface area contributed by atoms with Crippen molar-refractivity contribution < 1.29 is 19.5 Å². The number of aliphatic carboxylic acids is 1. The summed E-state index contributed by atoms with van der Waals surface area (Å²) in [5, 5.41) is 14.9. The van der Waals surface area contributed by atoms with Crippen molar-refractivity contribution in [1.82, 2.24) is 15.5 Å². The lowest BCUT2D eigenvalue weighted by Crippen LogP contribution is -2.50. The summed E-state index contributed by atoms with van der Waals surface area (Å²) in [6.07, 6.45) is 1.21. The minimum Gasteiger partial charge on any atom is -0.480 e. The molecule has 4 atom stereocenters. The van der Waals surface area contributed by atoms with Gasteiger partial charge in [0.1, 0.15) is 18.1 Å². The number of nitrogens with one attached hydrogen (secondary N) is 2. The van der Waals surface area contributed by atoms with Crippen LogP contribution in [0, 0.1) is 5.92 Å². The van der Waals surface area contributed by atoms with Gasteiger partial charge in [0.15, 0.2) is 0 Å². The molecule has 7 heteroatoms. The van der Waals surface area contributed by atoms with Gasteiger partial charge in [-0.05, 0) is 24.4 Å². The fraction of sp³-hybridized carbons (Fsp3) is 0.550. The Balaban J connectivity index is 2.04. The van der Waals surface area contributed by atoms with Crippen LogP contribution in [0.2, 0.25) is 0 Å². The molecular formula is C20H29N3O4. The van der Waals surface area contributed by atoms with Crippen LogP contribution < -0.4 is 10.6 Å². The maximum atomic E-state index is 12.6. The first-order chi connectivity index (χ1) is 12.8. The van der Waals surface area contributed by atoms with E-state index in [0.717, 1.165) is 12.0 Å². The van der Waals surface area contributed by atoms with E-state index in [-0.39, 0.29) is 5.91 Å². The topological polar surface area (TPSA) is 98.5 Å². The maximum Gasteiger partial charge on any atom is 0.323 e. The summed E-state index contributed by atoms with van der Waals surface area (Å²) in [7, 11) is 0. The summed E-state index contributed by atoms with van der Waals surface area (Å²) in [5.41, 5.74) is 0.930. The van der Waals surface area contributed by atoms with E-state index in [1.165, 1.54) is 0 Å².